The topological polar surface area (TPSA) is 0 Å². The zero-order chi connectivity index (χ0) is 23.0. The molecule has 2 aliphatic carbocycles. The van der Waals surface area contributed by atoms with E-state index in [1.165, 1.54) is 60.1 Å². The molecule has 0 unspecified atom stereocenters. The van der Waals surface area contributed by atoms with Crippen molar-refractivity contribution in [3.8, 4) is 0 Å². The standard InChI is InChI=1S/C33H26Si/c1-21-26-17-7-11-23-13-9-19-28(30(23)26)32(21)34(3,25-15-5-4-6-16-25)33-22(2)27-18-8-12-24-14-10-20-29(33)31(24)27/h4-20H,1-3H3. The molecule has 0 aromatic heterocycles. The third-order valence-electron chi connectivity index (χ3n) is 8.26. The van der Waals surface area contributed by atoms with E-state index < -0.39 is 8.07 Å². The molecule has 0 atom stereocenters. The summed E-state index contributed by atoms with van der Waals surface area (Å²) in [5, 5.41) is 10.2. The van der Waals surface area contributed by atoms with Crippen molar-refractivity contribution in [3.05, 3.63) is 125 Å². The number of benzene rings is 5. The Balaban J connectivity index is 1.62. The Labute approximate surface area is 201 Å². The van der Waals surface area contributed by atoms with Gasteiger partial charge in [0, 0.05) is 0 Å². The highest BCUT2D eigenvalue weighted by Crippen LogP contribution is 2.53. The van der Waals surface area contributed by atoms with Gasteiger partial charge in [-0.15, -0.1) is 0 Å². The summed E-state index contributed by atoms with van der Waals surface area (Å²) < 4.78 is 0. The second-order valence-corrected chi connectivity index (χ2v) is 13.7. The van der Waals surface area contributed by atoms with E-state index in [1.807, 2.05) is 0 Å². The van der Waals surface area contributed by atoms with Crippen LogP contribution < -0.4 is 5.19 Å². The maximum Gasteiger partial charge on any atom is 0.147 e. The Kier molecular flexibility index (Phi) is 4.02. The molecule has 162 valence electrons. The van der Waals surface area contributed by atoms with Gasteiger partial charge in [-0.3, -0.25) is 0 Å². The minimum Gasteiger partial charge on any atom is -0.0624 e. The van der Waals surface area contributed by atoms with Crippen molar-refractivity contribution in [2.45, 2.75) is 20.4 Å². The monoisotopic (exact) mass is 450 g/mol. The maximum absolute atomic E-state index is 2.59. The normalized spacial score (nSPS) is 14.7. The largest absolute Gasteiger partial charge is 0.147 e. The molecule has 5 aromatic carbocycles. The van der Waals surface area contributed by atoms with Crippen molar-refractivity contribution in [1.82, 2.24) is 0 Å². The SMILES string of the molecule is CC1=C([Si](C)(C2=C(C)c3cccc4cccc2c34)c2ccccc2)c2cccc3cccc1c23. The van der Waals surface area contributed by atoms with Crippen LogP contribution in [0, 0.1) is 0 Å². The van der Waals surface area contributed by atoms with Gasteiger partial charge >= 0.3 is 0 Å². The Morgan fingerprint density at radius 1 is 0.441 bits per heavy atom. The third kappa shape index (κ3) is 2.38. The Morgan fingerprint density at radius 2 is 0.853 bits per heavy atom. The van der Waals surface area contributed by atoms with Crippen molar-refractivity contribution >= 4 is 56.3 Å². The molecule has 0 fully saturated rings. The van der Waals surface area contributed by atoms with E-state index in [2.05, 4.69) is 124 Å². The summed E-state index contributed by atoms with van der Waals surface area (Å²) in [6.45, 7) is 7.31. The summed E-state index contributed by atoms with van der Waals surface area (Å²) in [6, 6.07) is 38.7. The van der Waals surface area contributed by atoms with Gasteiger partial charge in [0.25, 0.3) is 0 Å². The van der Waals surface area contributed by atoms with Crippen LogP contribution in [0.3, 0.4) is 0 Å². The predicted octanol–water partition coefficient (Wildman–Crippen LogP) is 8.25. The molecule has 7 rings (SSSR count). The van der Waals surface area contributed by atoms with Gasteiger partial charge in [-0.25, -0.2) is 0 Å². The van der Waals surface area contributed by atoms with Crippen LogP contribution in [0.2, 0.25) is 6.55 Å². The maximum atomic E-state index is 2.59. The average molecular weight is 451 g/mol. The lowest BCUT2D eigenvalue weighted by Gasteiger charge is -2.34. The molecule has 0 bridgehead atoms. The van der Waals surface area contributed by atoms with E-state index in [0.29, 0.717) is 0 Å². The van der Waals surface area contributed by atoms with E-state index in [4.69, 9.17) is 0 Å². The molecule has 34 heavy (non-hydrogen) atoms. The van der Waals surface area contributed by atoms with E-state index >= 15 is 0 Å². The minimum atomic E-state index is -2.37. The molecule has 0 saturated heterocycles. The van der Waals surface area contributed by atoms with Crippen molar-refractivity contribution in [2.24, 2.45) is 0 Å². The van der Waals surface area contributed by atoms with Gasteiger partial charge in [0.1, 0.15) is 8.07 Å². The van der Waals surface area contributed by atoms with Crippen LogP contribution in [0.25, 0.3) is 43.1 Å². The van der Waals surface area contributed by atoms with Gasteiger partial charge in [-0.2, -0.15) is 0 Å². The number of allylic oxidation sites excluding steroid dienone is 2. The van der Waals surface area contributed by atoms with Gasteiger partial charge in [0.05, 0.1) is 0 Å². The first-order valence-corrected chi connectivity index (χ1v) is 14.6. The van der Waals surface area contributed by atoms with Crippen molar-refractivity contribution in [3.63, 3.8) is 0 Å². The molecule has 0 radical (unpaired) electrons. The molecule has 0 spiro atoms. The third-order valence-corrected chi connectivity index (χ3v) is 13.0. The highest BCUT2D eigenvalue weighted by Gasteiger charge is 2.46. The number of hydrogen-bond acceptors (Lipinski definition) is 0. The summed E-state index contributed by atoms with van der Waals surface area (Å²) >= 11 is 0. The van der Waals surface area contributed by atoms with Gasteiger partial charge in [-0.1, -0.05) is 110 Å². The van der Waals surface area contributed by atoms with Gasteiger partial charge in [0.15, 0.2) is 0 Å². The molecule has 5 aromatic rings. The summed E-state index contributed by atoms with van der Waals surface area (Å²) in [7, 11) is -2.37. The van der Waals surface area contributed by atoms with Crippen LogP contribution in [0.4, 0.5) is 0 Å². The van der Waals surface area contributed by atoms with Crippen LogP contribution in [0.1, 0.15) is 36.1 Å². The van der Waals surface area contributed by atoms with Gasteiger partial charge < -0.3 is 0 Å². The van der Waals surface area contributed by atoms with Crippen LogP contribution >= 0.6 is 0 Å². The summed E-state index contributed by atoms with van der Waals surface area (Å²) in [4.78, 5) is 0. The second kappa shape index (κ2) is 6.91. The first kappa shape index (κ1) is 19.8. The van der Waals surface area contributed by atoms with Crippen molar-refractivity contribution in [1.29, 1.82) is 0 Å². The predicted molar refractivity (Wildman–Crippen MR) is 151 cm³/mol. The molecule has 0 saturated carbocycles. The highest BCUT2D eigenvalue weighted by molar-refractivity contribution is 7.19. The Bertz CT molecular complexity index is 1600. The first-order chi connectivity index (χ1) is 16.6. The lowest BCUT2D eigenvalue weighted by atomic mass is 10.0. The van der Waals surface area contributed by atoms with E-state index in [1.54, 1.807) is 10.4 Å². The summed E-state index contributed by atoms with van der Waals surface area (Å²) in [5.41, 5.74) is 8.59. The van der Waals surface area contributed by atoms with Crippen LogP contribution in [-0.4, -0.2) is 8.07 Å². The quantitative estimate of drug-likeness (QED) is 0.243. The van der Waals surface area contributed by atoms with Gasteiger partial charge in [-0.05, 0) is 84.4 Å². The van der Waals surface area contributed by atoms with Crippen LogP contribution in [0.15, 0.2) is 103 Å². The van der Waals surface area contributed by atoms with Crippen molar-refractivity contribution in [2.75, 3.05) is 0 Å². The molecule has 0 nitrogen and oxygen atoms in total. The first-order valence-electron chi connectivity index (χ1n) is 12.1. The molecule has 0 N–H and O–H groups in total. The summed E-state index contributed by atoms with van der Waals surface area (Å²) in [6.07, 6.45) is 0. The smallest absolute Gasteiger partial charge is 0.0624 e. The molecular formula is C33H26Si. The van der Waals surface area contributed by atoms with E-state index in [0.717, 1.165) is 0 Å². The zero-order valence-corrected chi connectivity index (χ0v) is 20.8. The van der Waals surface area contributed by atoms with Gasteiger partial charge in [0.2, 0.25) is 0 Å². The average Bonchev–Trinajstić information content (AvgIpc) is 3.34. The second-order valence-electron chi connectivity index (χ2n) is 9.91. The van der Waals surface area contributed by atoms with E-state index in [-0.39, 0.29) is 0 Å². The zero-order valence-electron chi connectivity index (χ0n) is 19.8. The molecule has 0 amide bonds. The molecule has 1 heteroatoms. The lowest BCUT2D eigenvalue weighted by molar-refractivity contribution is 1.67. The lowest BCUT2D eigenvalue weighted by Crippen LogP contribution is -2.48. The van der Waals surface area contributed by atoms with E-state index in [9.17, 15) is 0 Å². The highest BCUT2D eigenvalue weighted by atomic mass is 28.3. The molecule has 2 aliphatic rings. The molecule has 0 aliphatic heterocycles. The van der Waals surface area contributed by atoms with Crippen LogP contribution in [0.5, 0.6) is 0 Å². The Hall–Kier alpha value is -3.68. The fourth-order valence-electron chi connectivity index (χ4n) is 6.87. The number of rotatable bonds is 3. The van der Waals surface area contributed by atoms with Crippen molar-refractivity contribution < 1.29 is 0 Å². The summed E-state index contributed by atoms with van der Waals surface area (Å²) in [5.74, 6) is 0. The molecular weight excluding hydrogens is 424 g/mol. The fraction of sp³-hybridized carbons (Fsp3) is 0.0909. The Morgan fingerprint density at radius 3 is 1.29 bits per heavy atom. The minimum absolute atomic E-state index is 1.34. The van der Waals surface area contributed by atoms with Crippen LogP contribution in [-0.2, 0) is 0 Å². The number of hydrogen-bond donors (Lipinski definition) is 0. The molecule has 0 heterocycles. The fourth-order valence-corrected chi connectivity index (χ4v) is 11.8.